The molecule has 0 aromatic carbocycles. The molecule has 50 valence electrons. The summed E-state index contributed by atoms with van der Waals surface area (Å²) in [6.07, 6.45) is 1.69. The van der Waals surface area contributed by atoms with Gasteiger partial charge in [-0.1, -0.05) is 0 Å². The van der Waals surface area contributed by atoms with Gasteiger partial charge in [0.25, 0.3) is 0 Å². The Balaban J connectivity index is 2.37. The Morgan fingerprint density at radius 3 is 2.44 bits per heavy atom. The van der Waals surface area contributed by atoms with Crippen molar-refractivity contribution < 1.29 is 4.21 Å². The number of hydrogen-bond donors (Lipinski definition) is 0. The van der Waals surface area contributed by atoms with Crippen molar-refractivity contribution in [1.82, 2.24) is 0 Å². The molecular weight excluding hydrogens is 134 g/mol. The zero-order valence-corrected chi connectivity index (χ0v) is 5.99. The molecule has 0 saturated carbocycles. The monoisotopic (exact) mass is 143 g/mol. The summed E-state index contributed by atoms with van der Waals surface area (Å²) in [6.45, 7) is 6.69. The van der Waals surface area contributed by atoms with Crippen molar-refractivity contribution in [2.24, 2.45) is 0 Å². The Hall–Kier alpha value is -0.360. The van der Waals surface area contributed by atoms with Crippen LogP contribution in [0.4, 0.5) is 0 Å². The molecule has 1 saturated heterocycles. The van der Waals surface area contributed by atoms with E-state index in [9.17, 15) is 4.21 Å². The second-order valence-corrected chi connectivity index (χ2v) is 3.90. The first-order valence-electron chi connectivity index (χ1n) is 3.04. The van der Waals surface area contributed by atoms with Gasteiger partial charge in [0.05, 0.1) is 0 Å². The van der Waals surface area contributed by atoms with Gasteiger partial charge in [-0.05, 0) is 0 Å². The topological polar surface area (TPSA) is 21.4 Å². The Bertz CT molecular complexity index is 151. The van der Waals surface area contributed by atoms with Crippen molar-refractivity contribution in [3.63, 3.8) is 0 Å². The van der Waals surface area contributed by atoms with Gasteiger partial charge in [0.1, 0.15) is 0 Å². The van der Waals surface area contributed by atoms with E-state index in [4.69, 9.17) is 6.57 Å². The molecule has 0 bridgehead atoms. The normalized spacial score (nSPS) is 35.4. The van der Waals surface area contributed by atoms with Crippen molar-refractivity contribution in [2.75, 3.05) is 11.5 Å². The van der Waals surface area contributed by atoms with E-state index >= 15 is 0 Å². The summed E-state index contributed by atoms with van der Waals surface area (Å²) in [6, 6.07) is 0.169. The lowest BCUT2D eigenvalue weighted by molar-refractivity contribution is 0.642. The molecule has 0 spiro atoms. The molecule has 1 heterocycles. The van der Waals surface area contributed by atoms with Crippen molar-refractivity contribution in [3.05, 3.63) is 11.4 Å². The predicted molar refractivity (Wildman–Crippen MR) is 37.5 cm³/mol. The third-order valence-corrected chi connectivity index (χ3v) is 2.92. The fourth-order valence-corrected chi connectivity index (χ4v) is 2.18. The molecule has 0 atom stereocenters. The molecule has 0 aliphatic carbocycles. The number of hydrogen-bond acceptors (Lipinski definition) is 1. The van der Waals surface area contributed by atoms with Crippen molar-refractivity contribution in [2.45, 2.75) is 18.9 Å². The van der Waals surface area contributed by atoms with Crippen LogP contribution in [0.25, 0.3) is 4.85 Å². The summed E-state index contributed by atoms with van der Waals surface area (Å²) in [4.78, 5) is 3.40. The van der Waals surface area contributed by atoms with Crippen LogP contribution in [-0.2, 0) is 10.8 Å². The molecule has 0 N–H and O–H groups in total. The number of rotatable bonds is 0. The highest BCUT2D eigenvalue weighted by molar-refractivity contribution is 7.85. The quantitative estimate of drug-likeness (QED) is 0.460. The van der Waals surface area contributed by atoms with Crippen LogP contribution in [0, 0.1) is 6.57 Å². The standard InChI is InChI=1S/C6H9NOS/c1-7-6-2-4-9(8)5-3-6/h6H,2-5H2. The Morgan fingerprint density at radius 2 is 2.00 bits per heavy atom. The van der Waals surface area contributed by atoms with Gasteiger partial charge in [0.15, 0.2) is 0 Å². The molecule has 1 aliphatic rings. The number of nitrogens with zero attached hydrogens (tertiary/aromatic N) is 1. The van der Waals surface area contributed by atoms with E-state index in [0.29, 0.717) is 0 Å². The van der Waals surface area contributed by atoms with E-state index in [1.807, 2.05) is 0 Å². The van der Waals surface area contributed by atoms with E-state index in [-0.39, 0.29) is 6.04 Å². The summed E-state index contributed by atoms with van der Waals surface area (Å²) in [5.41, 5.74) is 0. The van der Waals surface area contributed by atoms with Gasteiger partial charge < -0.3 is 4.85 Å². The largest absolute Gasteiger partial charge is 0.314 e. The SMILES string of the molecule is [C-]#[N+]C1CCS(=O)CC1. The Morgan fingerprint density at radius 1 is 1.44 bits per heavy atom. The van der Waals surface area contributed by atoms with Crippen molar-refractivity contribution in [3.8, 4) is 0 Å². The minimum atomic E-state index is -0.606. The highest BCUT2D eigenvalue weighted by Crippen LogP contribution is 2.11. The lowest BCUT2D eigenvalue weighted by Crippen LogP contribution is -2.19. The maximum Gasteiger partial charge on any atom is 0.225 e. The van der Waals surface area contributed by atoms with E-state index in [0.717, 1.165) is 24.3 Å². The lowest BCUT2D eigenvalue weighted by atomic mass is 10.2. The van der Waals surface area contributed by atoms with Crippen LogP contribution in [0.5, 0.6) is 0 Å². The van der Waals surface area contributed by atoms with Gasteiger partial charge in [-0.3, -0.25) is 4.21 Å². The van der Waals surface area contributed by atoms with E-state index < -0.39 is 10.8 Å². The van der Waals surface area contributed by atoms with Gasteiger partial charge in [-0.15, -0.1) is 0 Å². The van der Waals surface area contributed by atoms with Crippen LogP contribution in [0.2, 0.25) is 0 Å². The van der Waals surface area contributed by atoms with E-state index in [2.05, 4.69) is 4.85 Å². The first kappa shape index (κ1) is 6.76. The second kappa shape index (κ2) is 2.98. The average molecular weight is 143 g/mol. The molecule has 0 radical (unpaired) electrons. The molecule has 1 rings (SSSR count). The smallest absolute Gasteiger partial charge is 0.225 e. The predicted octanol–water partition coefficient (Wildman–Crippen LogP) is 0.817. The van der Waals surface area contributed by atoms with Crippen LogP contribution < -0.4 is 0 Å². The fraction of sp³-hybridized carbons (Fsp3) is 0.833. The molecule has 2 nitrogen and oxygen atoms in total. The molecule has 1 aliphatic heterocycles. The average Bonchev–Trinajstić information content (AvgIpc) is 1.90. The van der Waals surface area contributed by atoms with Crippen molar-refractivity contribution in [1.29, 1.82) is 0 Å². The van der Waals surface area contributed by atoms with Crippen LogP contribution >= 0.6 is 0 Å². The minimum absolute atomic E-state index is 0.169. The maximum absolute atomic E-state index is 10.7. The molecule has 0 unspecified atom stereocenters. The summed E-state index contributed by atoms with van der Waals surface area (Å²) in [5.74, 6) is 1.49. The molecule has 1 fully saturated rings. The summed E-state index contributed by atoms with van der Waals surface area (Å²) >= 11 is 0. The fourth-order valence-electron chi connectivity index (χ4n) is 0.910. The second-order valence-electron chi connectivity index (χ2n) is 2.21. The third-order valence-electron chi connectivity index (χ3n) is 1.54. The van der Waals surface area contributed by atoms with Crippen LogP contribution in [-0.4, -0.2) is 21.8 Å². The van der Waals surface area contributed by atoms with E-state index in [1.165, 1.54) is 0 Å². The first-order chi connectivity index (χ1) is 4.33. The van der Waals surface area contributed by atoms with Crippen LogP contribution in [0.1, 0.15) is 12.8 Å². The summed E-state index contributed by atoms with van der Waals surface area (Å²) in [5, 5.41) is 0. The molecular formula is C6H9NOS. The van der Waals surface area contributed by atoms with E-state index in [1.54, 1.807) is 0 Å². The zero-order valence-electron chi connectivity index (χ0n) is 5.17. The van der Waals surface area contributed by atoms with Gasteiger partial charge in [-0.2, -0.15) is 0 Å². The van der Waals surface area contributed by atoms with Gasteiger partial charge in [0, 0.05) is 35.1 Å². The van der Waals surface area contributed by atoms with Crippen molar-refractivity contribution >= 4 is 10.8 Å². The van der Waals surface area contributed by atoms with Crippen LogP contribution in [0.3, 0.4) is 0 Å². The van der Waals surface area contributed by atoms with Gasteiger partial charge >= 0.3 is 0 Å². The van der Waals surface area contributed by atoms with Crippen LogP contribution in [0.15, 0.2) is 0 Å². The summed E-state index contributed by atoms with van der Waals surface area (Å²) < 4.78 is 10.7. The van der Waals surface area contributed by atoms with Gasteiger partial charge in [0.2, 0.25) is 6.04 Å². The Kier molecular flexibility index (Phi) is 2.23. The molecule has 0 aromatic rings. The molecule has 0 amide bonds. The highest BCUT2D eigenvalue weighted by atomic mass is 32.2. The molecule has 3 heteroatoms. The highest BCUT2D eigenvalue weighted by Gasteiger charge is 2.20. The van der Waals surface area contributed by atoms with Gasteiger partial charge in [-0.25, -0.2) is 6.57 Å². The lowest BCUT2D eigenvalue weighted by Gasteiger charge is -2.10. The minimum Gasteiger partial charge on any atom is -0.314 e. The Labute approximate surface area is 57.5 Å². The third kappa shape index (κ3) is 1.79. The maximum atomic E-state index is 10.7. The zero-order chi connectivity index (χ0) is 6.69. The first-order valence-corrected chi connectivity index (χ1v) is 4.53. The molecule has 9 heavy (non-hydrogen) atoms. The summed E-state index contributed by atoms with van der Waals surface area (Å²) in [7, 11) is -0.606. The molecule has 0 aromatic heterocycles.